The van der Waals surface area contributed by atoms with Crippen LogP contribution in [0.25, 0.3) is 0 Å². The molecule has 1 N–H and O–H groups in total. The lowest BCUT2D eigenvalue weighted by atomic mass is 10.2. The first-order chi connectivity index (χ1) is 7.95. The van der Waals surface area contributed by atoms with Crippen molar-refractivity contribution in [3.05, 3.63) is 35.9 Å². The summed E-state index contributed by atoms with van der Waals surface area (Å²) >= 11 is 0. The highest BCUT2D eigenvalue weighted by molar-refractivity contribution is 5.13. The molecule has 0 saturated carbocycles. The van der Waals surface area contributed by atoms with E-state index in [1.165, 1.54) is 5.56 Å². The van der Waals surface area contributed by atoms with E-state index < -0.39 is 0 Å². The van der Waals surface area contributed by atoms with Crippen LogP contribution in [-0.4, -0.2) is 32.4 Å². The van der Waals surface area contributed by atoms with Crippen LogP contribution in [0, 0.1) is 0 Å². The van der Waals surface area contributed by atoms with E-state index in [1.54, 1.807) is 0 Å². The monoisotopic (exact) mass is 221 g/mol. The molecule has 1 aromatic rings. The molecule has 16 heavy (non-hydrogen) atoms. The summed E-state index contributed by atoms with van der Waals surface area (Å²) in [6, 6.07) is 10.8. The maximum atomic E-state index is 5.58. The highest BCUT2D eigenvalue weighted by atomic mass is 16.5. The first-order valence-electron chi connectivity index (χ1n) is 5.88. The molecule has 2 rings (SSSR count). The van der Waals surface area contributed by atoms with Crippen molar-refractivity contribution < 1.29 is 9.47 Å². The van der Waals surface area contributed by atoms with Gasteiger partial charge in [0, 0.05) is 19.2 Å². The Bertz CT molecular complexity index is 283. The molecule has 1 unspecified atom stereocenters. The zero-order valence-corrected chi connectivity index (χ0v) is 9.52. The van der Waals surface area contributed by atoms with Crippen LogP contribution in [0.5, 0.6) is 0 Å². The van der Waals surface area contributed by atoms with Gasteiger partial charge < -0.3 is 14.8 Å². The van der Waals surface area contributed by atoms with E-state index in [0.717, 1.165) is 32.8 Å². The highest BCUT2D eigenvalue weighted by Gasteiger charge is 2.13. The molecular weight excluding hydrogens is 202 g/mol. The fourth-order valence-electron chi connectivity index (χ4n) is 1.79. The summed E-state index contributed by atoms with van der Waals surface area (Å²) in [6.07, 6.45) is 1.12. The maximum Gasteiger partial charge on any atom is 0.0717 e. The molecule has 1 fully saturated rings. The smallest absolute Gasteiger partial charge is 0.0717 e. The second-order valence-corrected chi connectivity index (χ2v) is 4.05. The van der Waals surface area contributed by atoms with E-state index in [0.29, 0.717) is 12.6 Å². The van der Waals surface area contributed by atoms with Crippen molar-refractivity contribution >= 4 is 0 Å². The van der Waals surface area contributed by atoms with E-state index in [4.69, 9.17) is 9.47 Å². The van der Waals surface area contributed by atoms with Gasteiger partial charge in [-0.2, -0.15) is 0 Å². The molecule has 0 spiro atoms. The van der Waals surface area contributed by atoms with Gasteiger partial charge in [0.2, 0.25) is 0 Å². The number of ether oxygens (including phenoxy) is 2. The van der Waals surface area contributed by atoms with Crippen LogP contribution >= 0.6 is 0 Å². The lowest BCUT2D eigenvalue weighted by Gasteiger charge is -2.10. The number of rotatable bonds is 6. The summed E-state index contributed by atoms with van der Waals surface area (Å²) in [4.78, 5) is 0. The standard InChI is InChI=1S/C13H19NO2/c1-2-4-12(5-3-1)10-16-9-7-14-13-6-8-15-11-13/h1-5,13-14H,6-11H2. The molecule has 0 aromatic heterocycles. The Balaban J connectivity index is 1.52. The molecule has 1 heterocycles. The van der Waals surface area contributed by atoms with Crippen LogP contribution in [0.2, 0.25) is 0 Å². The molecule has 88 valence electrons. The number of hydrogen-bond acceptors (Lipinski definition) is 3. The van der Waals surface area contributed by atoms with Gasteiger partial charge in [-0.1, -0.05) is 30.3 Å². The lowest BCUT2D eigenvalue weighted by molar-refractivity contribution is 0.119. The van der Waals surface area contributed by atoms with E-state index in [-0.39, 0.29) is 0 Å². The van der Waals surface area contributed by atoms with E-state index >= 15 is 0 Å². The van der Waals surface area contributed by atoms with Crippen molar-refractivity contribution in [2.75, 3.05) is 26.4 Å². The topological polar surface area (TPSA) is 30.5 Å². The third kappa shape index (κ3) is 3.93. The number of hydrogen-bond donors (Lipinski definition) is 1. The molecule has 0 aliphatic carbocycles. The van der Waals surface area contributed by atoms with E-state index in [2.05, 4.69) is 17.4 Å². The fraction of sp³-hybridized carbons (Fsp3) is 0.538. The van der Waals surface area contributed by atoms with Crippen LogP contribution < -0.4 is 5.32 Å². The average Bonchev–Trinajstić information content (AvgIpc) is 2.83. The van der Waals surface area contributed by atoms with Crippen LogP contribution in [0.3, 0.4) is 0 Å². The van der Waals surface area contributed by atoms with Crippen molar-refractivity contribution in [2.24, 2.45) is 0 Å². The molecule has 3 nitrogen and oxygen atoms in total. The fourth-order valence-corrected chi connectivity index (χ4v) is 1.79. The molecule has 1 aliphatic rings. The lowest BCUT2D eigenvalue weighted by Crippen LogP contribution is -2.32. The van der Waals surface area contributed by atoms with E-state index in [1.807, 2.05) is 18.2 Å². The largest absolute Gasteiger partial charge is 0.380 e. The molecule has 1 aromatic carbocycles. The summed E-state index contributed by atoms with van der Waals surface area (Å²) in [5, 5.41) is 3.42. The van der Waals surface area contributed by atoms with Gasteiger partial charge in [-0.25, -0.2) is 0 Å². The minimum Gasteiger partial charge on any atom is -0.380 e. The molecule has 1 atom stereocenters. The molecule has 0 amide bonds. The van der Waals surface area contributed by atoms with Crippen molar-refractivity contribution in [3.63, 3.8) is 0 Å². The van der Waals surface area contributed by atoms with E-state index in [9.17, 15) is 0 Å². The quantitative estimate of drug-likeness (QED) is 0.740. The zero-order valence-electron chi connectivity index (χ0n) is 9.52. The Morgan fingerprint density at radius 3 is 2.94 bits per heavy atom. The molecule has 0 bridgehead atoms. The van der Waals surface area contributed by atoms with Gasteiger partial charge in [0.15, 0.2) is 0 Å². The summed E-state index contributed by atoms with van der Waals surface area (Å²) in [7, 11) is 0. The average molecular weight is 221 g/mol. The van der Waals surface area contributed by atoms with Crippen molar-refractivity contribution in [3.8, 4) is 0 Å². The number of benzene rings is 1. The van der Waals surface area contributed by atoms with Crippen molar-refractivity contribution in [1.82, 2.24) is 5.32 Å². The second-order valence-electron chi connectivity index (χ2n) is 4.05. The Labute approximate surface area is 96.8 Å². The SMILES string of the molecule is c1ccc(COCCNC2CCOC2)cc1. The van der Waals surface area contributed by atoms with Gasteiger partial charge in [0.1, 0.15) is 0 Å². The normalized spacial score (nSPS) is 20.1. The van der Waals surface area contributed by atoms with Crippen LogP contribution in [0.4, 0.5) is 0 Å². The second kappa shape index (κ2) is 6.63. The Hall–Kier alpha value is -0.900. The summed E-state index contributed by atoms with van der Waals surface area (Å²) in [6.45, 7) is 4.09. The predicted octanol–water partition coefficient (Wildman–Crippen LogP) is 1.58. The maximum absolute atomic E-state index is 5.58. The van der Waals surface area contributed by atoms with Gasteiger partial charge in [0.05, 0.1) is 19.8 Å². The van der Waals surface area contributed by atoms with Crippen LogP contribution in [0.15, 0.2) is 30.3 Å². The first-order valence-corrected chi connectivity index (χ1v) is 5.88. The summed E-state index contributed by atoms with van der Waals surface area (Å²) < 4.78 is 10.9. The first kappa shape index (κ1) is 11.6. The predicted molar refractivity (Wildman–Crippen MR) is 63.3 cm³/mol. The molecule has 3 heteroatoms. The Kier molecular flexibility index (Phi) is 4.80. The third-order valence-electron chi connectivity index (χ3n) is 2.72. The van der Waals surface area contributed by atoms with Crippen LogP contribution in [-0.2, 0) is 16.1 Å². The highest BCUT2D eigenvalue weighted by Crippen LogP contribution is 2.03. The van der Waals surface area contributed by atoms with Gasteiger partial charge >= 0.3 is 0 Å². The molecule has 1 aliphatic heterocycles. The van der Waals surface area contributed by atoms with Gasteiger partial charge in [-0.05, 0) is 12.0 Å². The Morgan fingerprint density at radius 1 is 1.31 bits per heavy atom. The minimum atomic E-state index is 0.528. The molecule has 0 radical (unpaired) electrons. The van der Waals surface area contributed by atoms with Crippen molar-refractivity contribution in [1.29, 1.82) is 0 Å². The van der Waals surface area contributed by atoms with Gasteiger partial charge in [0.25, 0.3) is 0 Å². The third-order valence-corrected chi connectivity index (χ3v) is 2.72. The van der Waals surface area contributed by atoms with Gasteiger partial charge in [-0.3, -0.25) is 0 Å². The summed E-state index contributed by atoms with van der Waals surface area (Å²) in [5.74, 6) is 0. The van der Waals surface area contributed by atoms with Crippen LogP contribution in [0.1, 0.15) is 12.0 Å². The Morgan fingerprint density at radius 2 is 2.19 bits per heavy atom. The van der Waals surface area contributed by atoms with Gasteiger partial charge in [-0.15, -0.1) is 0 Å². The summed E-state index contributed by atoms with van der Waals surface area (Å²) in [5.41, 5.74) is 1.23. The minimum absolute atomic E-state index is 0.528. The zero-order chi connectivity index (χ0) is 11.1. The van der Waals surface area contributed by atoms with Crippen molar-refractivity contribution in [2.45, 2.75) is 19.1 Å². The molecular formula is C13H19NO2. The number of nitrogens with one attached hydrogen (secondary N) is 1. The molecule has 1 saturated heterocycles.